The van der Waals surface area contributed by atoms with E-state index in [1.807, 2.05) is 30.3 Å². The Morgan fingerprint density at radius 1 is 1.12 bits per heavy atom. The molecule has 1 aliphatic rings. The summed E-state index contributed by atoms with van der Waals surface area (Å²) in [6.45, 7) is 2.84. The zero-order valence-electron chi connectivity index (χ0n) is 14.2. The Kier molecular flexibility index (Phi) is 4.97. The van der Waals surface area contributed by atoms with Crippen molar-refractivity contribution in [1.29, 1.82) is 0 Å². The lowest BCUT2D eigenvalue weighted by Gasteiger charge is -2.21. The van der Waals surface area contributed by atoms with Crippen LogP contribution in [0.3, 0.4) is 0 Å². The van der Waals surface area contributed by atoms with Crippen LogP contribution in [0.1, 0.15) is 24.8 Å². The van der Waals surface area contributed by atoms with Crippen molar-refractivity contribution < 1.29 is 4.74 Å². The number of ether oxygens (including phenoxy) is 1. The van der Waals surface area contributed by atoms with Crippen molar-refractivity contribution in [1.82, 2.24) is 9.88 Å². The minimum Gasteiger partial charge on any atom is -0.431 e. The highest BCUT2D eigenvalue weighted by Gasteiger charge is 2.28. The van der Waals surface area contributed by atoms with Gasteiger partial charge in [-0.1, -0.05) is 35.6 Å². The van der Waals surface area contributed by atoms with E-state index in [2.05, 4.69) is 28.1 Å². The molecule has 2 aromatic carbocycles. The number of hydrogen-bond acceptors (Lipinski definition) is 5. The summed E-state index contributed by atoms with van der Waals surface area (Å²) in [4.78, 5) is 7.07. The van der Waals surface area contributed by atoms with Crippen LogP contribution < -0.4 is 10.5 Å². The molecule has 0 saturated heterocycles. The van der Waals surface area contributed by atoms with Crippen LogP contribution in [-0.4, -0.2) is 29.0 Å². The molecule has 1 saturated carbocycles. The molecule has 2 N–H and O–H groups in total. The Morgan fingerprint density at radius 3 is 2.64 bits per heavy atom. The highest BCUT2D eigenvalue weighted by molar-refractivity contribution is 7.20. The van der Waals surface area contributed by atoms with Gasteiger partial charge in [0.05, 0.1) is 10.2 Å². The average molecular weight is 353 g/mol. The lowest BCUT2D eigenvalue weighted by Crippen LogP contribution is -2.28. The van der Waals surface area contributed by atoms with Gasteiger partial charge in [0.15, 0.2) is 0 Å². The van der Waals surface area contributed by atoms with Crippen LogP contribution in [0.5, 0.6) is 10.9 Å². The van der Waals surface area contributed by atoms with E-state index in [1.54, 1.807) is 11.3 Å². The smallest absolute Gasteiger partial charge is 0.279 e. The van der Waals surface area contributed by atoms with E-state index in [0.29, 0.717) is 5.19 Å². The van der Waals surface area contributed by atoms with E-state index in [0.717, 1.165) is 48.1 Å². The molecule has 5 heteroatoms. The zero-order valence-corrected chi connectivity index (χ0v) is 15.0. The van der Waals surface area contributed by atoms with Crippen molar-refractivity contribution in [3.05, 3.63) is 54.1 Å². The van der Waals surface area contributed by atoms with E-state index >= 15 is 0 Å². The molecule has 0 bridgehead atoms. The van der Waals surface area contributed by atoms with Crippen molar-refractivity contribution >= 4 is 21.6 Å². The van der Waals surface area contributed by atoms with Crippen LogP contribution in [0, 0.1) is 0 Å². The molecular weight excluding hydrogens is 330 g/mol. The molecule has 0 aliphatic heterocycles. The first-order chi connectivity index (χ1) is 12.3. The van der Waals surface area contributed by atoms with E-state index in [1.165, 1.54) is 18.4 Å². The predicted molar refractivity (Wildman–Crippen MR) is 103 cm³/mol. The van der Waals surface area contributed by atoms with Crippen molar-refractivity contribution in [2.75, 3.05) is 13.1 Å². The quantitative estimate of drug-likeness (QED) is 0.652. The third-order valence-electron chi connectivity index (χ3n) is 4.50. The number of benzene rings is 2. The summed E-state index contributed by atoms with van der Waals surface area (Å²) < 4.78 is 7.07. The Bertz CT molecular complexity index is 793. The second kappa shape index (κ2) is 7.52. The monoisotopic (exact) mass is 353 g/mol. The standard InChI is InChI=1S/C20H23N3OS/c21-12-3-13-23(16-8-9-16)14-15-6-10-17(11-7-15)24-20-22-18-4-1-2-5-19(18)25-20/h1-2,4-7,10-11,16H,3,8-9,12-14,21H2. The van der Waals surface area contributed by atoms with Gasteiger partial charge < -0.3 is 10.5 Å². The third-order valence-corrected chi connectivity index (χ3v) is 5.42. The Morgan fingerprint density at radius 2 is 1.92 bits per heavy atom. The Balaban J connectivity index is 1.40. The highest BCUT2D eigenvalue weighted by Crippen LogP contribution is 2.32. The first-order valence-corrected chi connectivity index (χ1v) is 9.70. The number of nitrogens with zero attached hydrogens (tertiary/aromatic N) is 2. The fourth-order valence-corrected chi connectivity index (χ4v) is 3.85. The average Bonchev–Trinajstić information content (AvgIpc) is 3.40. The number of thiazole rings is 1. The van der Waals surface area contributed by atoms with Crippen LogP contribution in [0.4, 0.5) is 0 Å². The maximum Gasteiger partial charge on any atom is 0.279 e. The van der Waals surface area contributed by atoms with Gasteiger partial charge in [-0.2, -0.15) is 0 Å². The van der Waals surface area contributed by atoms with Crippen LogP contribution in [0.15, 0.2) is 48.5 Å². The molecule has 4 nitrogen and oxygen atoms in total. The highest BCUT2D eigenvalue weighted by atomic mass is 32.1. The Labute approximate surface area is 152 Å². The molecule has 0 radical (unpaired) electrons. The molecule has 1 aromatic heterocycles. The van der Waals surface area contributed by atoms with E-state index in [9.17, 15) is 0 Å². The molecular formula is C20H23N3OS. The number of fused-ring (bicyclic) bond motifs is 1. The van der Waals surface area contributed by atoms with E-state index in [-0.39, 0.29) is 0 Å². The molecule has 4 rings (SSSR count). The van der Waals surface area contributed by atoms with Crippen LogP contribution in [0.2, 0.25) is 0 Å². The topological polar surface area (TPSA) is 51.4 Å². The normalized spacial score (nSPS) is 14.3. The molecule has 0 amide bonds. The van der Waals surface area contributed by atoms with Crippen molar-refractivity contribution in [3.8, 4) is 10.9 Å². The van der Waals surface area contributed by atoms with Crippen LogP contribution in [0.25, 0.3) is 10.2 Å². The first kappa shape index (κ1) is 16.5. The van der Waals surface area contributed by atoms with Crippen molar-refractivity contribution in [3.63, 3.8) is 0 Å². The van der Waals surface area contributed by atoms with Crippen molar-refractivity contribution in [2.45, 2.75) is 31.8 Å². The predicted octanol–water partition coefficient (Wildman–Crippen LogP) is 4.40. The number of aromatic nitrogens is 1. The van der Waals surface area contributed by atoms with Gasteiger partial charge in [0.2, 0.25) is 0 Å². The summed E-state index contributed by atoms with van der Waals surface area (Å²) in [5.41, 5.74) is 7.97. The van der Waals surface area contributed by atoms with Gasteiger partial charge in [-0.15, -0.1) is 0 Å². The van der Waals surface area contributed by atoms with E-state index < -0.39 is 0 Å². The summed E-state index contributed by atoms with van der Waals surface area (Å²) in [7, 11) is 0. The zero-order chi connectivity index (χ0) is 17.1. The van der Waals surface area contributed by atoms with Gasteiger partial charge in [-0.05, 0) is 62.2 Å². The largest absolute Gasteiger partial charge is 0.431 e. The second-order valence-corrected chi connectivity index (χ2v) is 7.53. The SMILES string of the molecule is NCCCN(Cc1ccc(Oc2nc3ccccc3s2)cc1)C1CC1. The van der Waals surface area contributed by atoms with Gasteiger partial charge in [0.1, 0.15) is 5.75 Å². The van der Waals surface area contributed by atoms with Gasteiger partial charge in [-0.3, -0.25) is 4.90 Å². The molecule has 1 fully saturated rings. The van der Waals surface area contributed by atoms with Gasteiger partial charge >= 0.3 is 0 Å². The van der Waals surface area contributed by atoms with Crippen LogP contribution >= 0.6 is 11.3 Å². The molecule has 130 valence electrons. The fourth-order valence-electron chi connectivity index (χ4n) is 3.02. The van der Waals surface area contributed by atoms with Gasteiger partial charge in [0.25, 0.3) is 5.19 Å². The number of para-hydroxylation sites is 1. The minimum atomic E-state index is 0.691. The maximum absolute atomic E-state index is 5.93. The molecule has 1 heterocycles. The summed E-state index contributed by atoms with van der Waals surface area (Å²) in [6, 6.07) is 17.2. The minimum absolute atomic E-state index is 0.691. The molecule has 3 aromatic rings. The third kappa shape index (κ3) is 4.18. The molecule has 25 heavy (non-hydrogen) atoms. The summed E-state index contributed by atoms with van der Waals surface area (Å²) >= 11 is 1.57. The fraction of sp³-hybridized carbons (Fsp3) is 0.350. The number of rotatable bonds is 8. The number of hydrogen-bond donors (Lipinski definition) is 1. The molecule has 0 unspecified atom stereocenters. The summed E-state index contributed by atoms with van der Waals surface area (Å²) in [5.74, 6) is 0.836. The molecule has 0 atom stereocenters. The summed E-state index contributed by atoms with van der Waals surface area (Å²) in [6.07, 6.45) is 3.71. The molecule has 1 aliphatic carbocycles. The lowest BCUT2D eigenvalue weighted by molar-refractivity contribution is 0.253. The summed E-state index contributed by atoms with van der Waals surface area (Å²) in [5, 5.41) is 0.691. The first-order valence-electron chi connectivity index (χ1n) is 8.88. The maximum atomic E-state index is 5.93. The van der Waals surface area contributed by atoms with Crippen molar-refractivity contribution in [2.24, 2.45) is 5.73 Å². The van der Waals surface area contributed by atoms with Gasteiger partial charge in [-0.25, -0.2) is 4.98 Å². The van der Waals surface area contributed by atoms with E-state index in [4.69, 9.17) is 10.5 Å². The lowest BCUT2D eigenvalue weighted by atomic mass is 10.2. The van der Waals surface area contributed by atoms with Gasteiger partial charge in [0, 0.05) is 12.6 Å². The Hall–Kier alpha value is -1.95. The van der Waals surface area contributed by atoms with Crippen LogP contribution in [-0.2, 0) is 6.54 Å². The second-order valence-electron chi connectivity index (χ2n) is 6.54. The number of nitrogens with two attached hydrogens (primary N) is 1. The molecule has 0 spiro atoms.